The fourth-order valence-electron chi connectivity index (χ4n) is 4.99. The minimum atomic E-state index is -0.0929. The predicted molar refractivity (Wildman–Crippen MR) is 107 cm³/mol. The van der Waals surface area contributed by atoms with E-state index < -0.39 is 0 Å². The average molecular weight is 372 g/mol. The predicted octanol–water partition coefficient (Wildman–Crippen LogP) is 2.62. The summed E-state index contributed by atoms with van der Waals surface area (Å²) in [5.74, 6) is 1.59. The van der Waals surface area contributed by atoms with Crippen LogP contribution in [0.4, 0.5) is 0 Å². The highest BCUT2D eigenvalue weighted by molar-refractivity contribution is 5.77. The number of ether oxygens (including phenoxy) is 1. The maximum atomic E-state index is 13.1. The van der Waals surface area contributed by atoms with Gasteiger partial charge in [-0.1, -0.05) is 25.1 Å². The van der Waals surface area contributed by atoms with E-state index in [9.17, 15) is 4.79 Å². The van der Waals surface area contributed by atoms with Gasteiger partial charge in [-0.3, -0.25) is 9.69 Å². The van der Waals surface area contributed by atoms with Crippen LogP contribution < -0.4 is 10.1 Å². The van der Waals surface area contributed by atoms with Crippen molar-refractivity contribution < 1.29 is 9.53 Å². The summed E-state index contributed by atoms with van der Waals surface area (Å²) in [5, 5.41) is 3.44. The fraction of sp³-hybridized carbons (Fsp3) is 0.682. The molecule has 1 unspecified atom stereocenters. The number of piperidine rings is 1. The van der Waals surface area contributed by atoms with Crippen LogP contribution in [0.3, 0.4) is 0 Å². The van der Waals surface area contributed by atoms with Crippen molar-refractivity contribution in [3.05, 3.63) is 29.8 Å². The number of benzene rings is 1. The van der Waals surface area contributed by atoms with E-state index in [-0.39, 0.29) is 11.5 Å². The van der Waals surface area contributed by atoms with Crippen molar-refractivity contribution in [2.75, 3.05) is 45.8 Å². The molecular weight excluding hydrogens is 338 g/mol. The molecule has 0 aromatic heterocycles. The van der Waals surface area contributed by atoms with Crippen LogP contribution >= 0.6 is 0 Å². The zero-order valence-electron chi connectivity index (χ0n) is 16.6. The topological polar surface area (TPSA) is 44.8 Å². The van der Waals surface area contributed by atoms with Gasteiger partial charge in [-0.25, -0.2) is 0 Å². The molecule has 2 fully saturated rings. The molecule has 1 amide bonds. The molecular formula is C22H33N3O2. The summed E-state index contributed by atoms with van der Waals surface area (Å²) in [5.41, 5.74) is 1.13. The first-order chi connectivity index (χ1) is 13.2. The molecule has 1 N–H and O–H groups in total. The van der Waals surface area contributed by atoms with E-state index in [1.807, 2.05) is 6.07 Å². The van der Waals surface area contributed by atoms with Crippen LogP contribution in [0.5, 0.6) is 5.75 Å². The number of piperazine rings is 1. The third-order valence-corrected chi connectivity index (χ3v) is 6.50. The molecule has 0 radical (unpaired) electrons. The van der Waals surface area contributed by atoms with Gasteiger partial charge in [0.1, 0.15) is 11.4 Å². The van der Waals surface area contributed by atoms with Gasteiger partial charge in [0, 0.05) is 38.5 Å². The Morgan fingerprint density at radius 2 is 1.93 bits per heavy atom. The van der Waals surface area contributed by atoms with Gasteiger partial charge in [0.25, 0.3) is 0 Å². The van der Waals surface area contributed by atoms with E-state index in [0.717, 1.165) is 70.8 Å². The summed E-state index contributed by atoms with van der Waals surface area (Å²) in [6.45, 7) is 9.14. The van der Waals surface area contributed by atoms with Gasteiger partial charge in [0.15, 0.2) is 0 Å². The first kappa shape index (κ1) is 18.8. The van der Waals surface area contributed by atoms with Crippen molar-refractivity contribution in [1.29, 1.82) is 0 Å². The van der Waals surface area contributed by atoms with Gasteiger partial charge < -0.3 is 15.0 Å². The summed E-state index contributed by atoms with van der Waals surface area (Å²) in [6, 6.07) is 8.36. The van der Waals surface area contributed by atoms with Gasteiger partial charge in [0.2, 0.25) is 5.91 Å². The summed E-state index contributed by atoms with van der Waals surface area (Å²) in [4.78, 5) is 17.6. The molecule has 27 heavy (non-hydrogen) atoms. The molecule has 2 saturated heterocycles. The van der Waals surface area contributed by atoms with Crippen LogP contribution in [0.1, 0.15) is 50.5 Å². The number of hydrogen-bond donors (Lipinski definition) is 1. The van der Waals surface area contributed by atoms with Gasteiger partial charge in [0.05, 0.1) is 0 Å². The molecule has 1 atom stereocenters. The lowest BCUT2D eigenvalue weighted by Gasteiger charge is -2.45. The molecule has 4 rings (SSSR count). The van der Waals surface area contributed by atoms with Crippen LogP contribution in [0.2, 0.25) is 0 Å². The van der Waals surface area contributed by atoms with E-state index in [4.69, 9.17) is 4.74 Å². The molecule has 148 valence electrons. The monoisotopic (exact) mass is 371 g/mol. The number of rotatable bonds is 4. The third-order valence-electron chi connectivity index (χ3n) is 6.50. The first-order valence-electron chi connectivity index (χ1n) is 10.7. The van der Waals surface area contributed by atoms with E-state index >= 15 is 0 Å². The van der Waals surface area contributed by atoms with E-state index in [1.165, 1.54) is 12.0 Å². The lowest BCUT2D eigenvalue weighted by atomic mass is 9.76. The molecule has 0 aliphatic carbocycles. The van der Waals surface area contributed by atoms with Crippen molar-refractivity contribution in [3.63, 3.8) is 0 Å². The fourth-order valence-corrected chi connectivity index (χ4v) is 4.99. The Balaban J connectivity index is 1.45. The maximum Gasteiger partial charge on any atom is 0.223 e. The van der Waals surface area contributed by atoms with Crippen LogP contribution in [-0.4, -0.2) is 67.1 Å². The van der Waals surface area contributed by atoms with E-state index in [1.54, 1.807) is 0 Å². The second-order valence-electron chi connectivity index (χ2n) is 8.40. The lowest BCUT2D eigenvalue weighted by Crippen LogP contribution is -2.51. The number of hydrogen-bond acceptors (Lipinski definition) is 4. The summed E-state index contributed by atoms with van der Waals surface area (Å²) < 4.78 is 6.49. The normalized spacial score (nSPS) is 25.1. The number of para-hydroxylation sites is 1. The highest BCUT2D eigenvalue weighted by Crippen LogP contribution is 2.46. The number of nitrogens with zero attached hydrogens (tertiary/aromatic N) is 2. The Labute approximate surface area is 163 Å². The van der Waals surface area contributed by atoms with Crippen molar-refractivity contribution in [2.45, 2.75) is 50.5 Å². The highest BCUT2D eigenvalue weighted by Gasteiger charge is 2.42. The molecule has 1 spiro atoms. The van der Waals surface area contributed by atoms with Crippen molar-refractivity contribution in [3.8, 4) is 5.75 Å². The first-order valence-corrected chi connectivity index (χ1v) is 10.7. The molecule has 5 nitrogen and oxygen atoms in total. The second kappa shape index (κ2) is 8.19. The largest absolute Gasteiger partial charge is 0.487 e. The van der Waals surface area contributed by atoms with Gasteiger partial charge in [-0.2, -0.15) is 0 Å². The Hall–Kier alpha value is -1.59. The second-order valence-corrected chi connectivity index (χ2v) is 8.40. The number of carbonyl (C=O) groups is 1. The zero-order chi connectivity index (χ0) is 18.7. The van der Waals surface area contributed by atoms with Crippen molar-refractivity contribution in [2.24, 2.45) is 0 Å². The smallest absolute Gasteiger partial charge is 0.223 e. The molecule has 1 aromatic rings. The Morgan fingerprint density at radius 3 is 2.67 bits per heavy atom. The minimum absolute atomic E-state index is 0.0929. The number of amides is 1. The average Bonchev–Trinajstić information content (AvgIpc) is 2.69. The molecule has 0 saturated carbocycles. The molecule has 3 aliphatic heterocycles. The quantitative estimate of drug-likeness (QED) is 0.884. The SMILES string of the molecule is CCCN1CCN(C(=O)CC2CC3(CCNCC3)Oc3ccccc32)CC1. The minimum Gasteiger partial charge on any atom is -0.487 e. The zero-order valence-corrected chi connectivity index (χ0v) is 16.6. The van der Waals surface area contributed by atoms with Crippen LogP contribution in [-0.2, 0) is 4.79 Å². The Morgan fingerprint density at radius 1 is 1.19 bits per heavy atom. The molecule has 3 heterocycles. The standard InChI is InChI=1S/C22H33N3O2/c1-2-11-24-12-14-25(15-13-24)21(26)16-18-17-22(7-9-23-10-8-22)27-20-6-4-3-5-19(18)20/h3-6,18,23H,2,7-17H2,1H3. The van der Waals surface area contributed by atoms with E-state index in [0.29, 0.717) is 12.3 Å². The Kier molecular flexibility index (Phi) is 5.69. The molecule has 0 bridgehead atoms. The molecule has 1 aromatic carbocycles. The van der Waals surface area contributed by atoms with Crippen LogP contribution in [0.15, 0.2) is 24.3 Å². The summed E-state index contributed by atoms with van der Waals surface area (Å²) in [7, 11) is 0. The lowest BCUT2D eigenvalue weighted by molar-refractivity contribution is -0.133. The molecule has 5 heteroatoms. The molecule has 3 aliphatic rings. The Bertz CT molecular complexity index is 649. The van der Waals surface area contributed by atoms with Gasteiger partial charge in [-0.15, -0.1) is 0 Å². The highest BCUT2D eigenvalue weighted by atomic mass is 16.5. The van der Waals surface area contributed by atoms with Crippen molar-refractivity contribution in [1.82, 2.24) is 15.1 Å². The number of nitrogens with one attached hydrogen (secondary N) is 1. The van der Waals surface area contributed by atoms with E-state index in [2.05, 4.69) is 40.2 Å². The third kappa shape index (κ3) is 4.14. The number of carbonyl (C=O) groups excluding carboxylic acids is 1. The summed E-state index contributed by atoms with van der Waals surface area (Å²) >= 11 is 0. The number of fused-ring (bicyclic) bond motifs is 1. The van der Waals surface area contributed by atoms with Crippen LogP contribution in [0, 0.1) is 0 Å². The van der Waals surface area contributed by atoms with Crippen LogP contribution in [0.25, 0.3) is 0 Å². The van der Waals surface area contributed by atoms with Gasteiger partial charge in [-0.05, 0) is 56.9 Å². The maximum absolute atomic E-state index is 13.1. The van der Waals surface area contributed by atoms with Crippen molar-refractivity contribution >= 4 is 5.91 Å². The van der Waals surface area contributed by atoms with Gasteiger partial charge >= 0.3 is 0 Å². The summed E-state index contributed by atoms with van der Waals surface area (Å²) in [6.07, 6.45) is 4.82.